The summed E-state index contributed by atoms with van der Waals surface area (Å²) in [5, 5.41) is 0. The topological polar surface area (TPSA) is 84.7 Å². The maximum atomic E-state index is 12.3. The molecule has 3 N–H and O–H groups in total. The van der Waals surface area contributed by atoms with Gasteiger partial charge in [-0.2, -0.15) is 0 Å². The average molecular weight is 390 g/mol. The predicted molar refractivity (Wildman–Crippen MR) is 107 cm³/mol. The molecule has 0 saturated carbocycles. The second-order valence-electron chi connectivity index (χ2n) is 6.79. The van der Waals surface area contributed by atoms with Crippen LogP contribution in [0.3, 0.4) is 0 Å². The second kappa shape index (κ2) is 9.21. The van der Waals surface area contributed by atoms with Crippen molar-refractivity contribution in [1.82, 2.24) is 9.62 Å². The fourth-order valence-electron chi connectivity index (χ4n) is 3.09. The SMILES string of the molecule is Nc1ccc(S(=O)(=O)NCc2ccc(OCCN3CCCCC3)cc2)cc1. The molecule has 3 rings (SSSR count). The lowest BCUT2D eigenvalue weighted by atomic mass is 10.1. The number of ether oxygens (including phenoxy) is 1. The molecule has 0 spiro atoms. The molecule has 1 aliphatic heterocycles. The third-order valence-corrected chi connectivity index (χ3v) is 6.12. The molecule has 1 saturated heterocycles. The van der Waals surface area contributed by atoms with Gasteiger partial charge in [0.25, 0.3) is 0 Å². The number of rotatable bonds is 8. The van der Waals surface area contributed by atoms with Crippen LogP contribution in [0.25, 0.3) is 0 Å². The van der Waals surface area contributed by atoms with Gasteiger partial charge >= 0.3 is 0 Å². The lowest BCUT2D eigenvalue weighted by molar-refractivity contribution is 0.183. The molecule has 1 aliphatic rings. The summed E-state index contributed by atoms with van der Waals surface area (Å²) in [4.78, 5) is 2.64. The number of likely N-dealkylation sites (tertiary alicyclic amines) is 1. The van der Waals surface area contributed by atoms with Crippen LogP contribution in [0, 0.1) is 0 Å². The number of nitrogen functional groups attached to an aromatic ring is 1. The summed E-state index contributed by atoms with van der Waals surface area (Å²) in [5.74, 6) is 0.803. The zero-order valence-corrected chi connectivity index (χ0v) is 16.2. The van der Waals surface area contributed by atoms with Crippen LogP contribution in [0.5, 0.6) is 5.75 Å². The molecule has 146 valence electrons. The van der Waals surface area contributed by atoms with Gasteiger partial charge in [-0.15, -0.1) is 0 Å². The number of benzene rings is 2. The first kappa shape index (κ1) is 19.7. The number of anilines is 1. The highest BCUT2D eigenvalue weighted by Gasteiger charge is 2.13. The normalized spacial score (nSPS) is 15.6. The minimum atomic E-state index is -3.55. The number of sulfonamides is 1. The molecular weight excluding hydrogens is 362 g/mol. The van der Waals surface area contributed by atoms with E-state index in [1.807, 2.05) is 24.3 Å². The van der Waals surface area contributed by atoms with Crippen molar-refractivity contribution in [2.24, 2.45) is 0 Å². The fourth-order valence-corrected chi connectivity index (χ4v) is 4.11. The van der Waals surface area contributed by atoms with Crippen molar-refractivity contribution in [3.8, 4) is 5.75 Å². The number of nitrogens with two attached hydrogens (primary N) is 1. The predicted octanol–water partition coefficient (Wildman–Crippen LogP) is 2.61. The summed E-state index contributed by atoms with van der Waals surface area (Å²) < 4.78 is 33.0. The van der Waals surface area contributed by atoms with Crippen molar-refractivity contribution in [1.29, 1.82) is 0 Å². The van der Waals surface area contributed by atoms with Gasteiger partial charge in [-0.1, -0.05) is 18.6 Å². The van der Waals surface area contributed by atoms with Gasteiger partial charge in [0.1, 0.15) is 12.4 Å². The summed E-state index contributed by atoms with van der Waals surface area (Å²) in [5.41, 5.74) is 7.00. The van der Waals surface area contributed by atoms with Crippen molar-refractivity contribution in [2.75, 3.05) is 32.0 Å². The molecule has 0 bridgehead atoms. The molecule has 0 amide bonds. The Bertz CT molecular complexity index is 815. The Morgan fingerprint density at radius 3 is 2.30 bits per heavy atom. The average Bonchev–Trinajstić information content (AvgIpc) is 2.69. The summed E-state index contributed by atoms with van der Waals surface area (Å²) in [7, 11) is -3.55. The van der Waals surface area contributed by atoms with Crippen molar-refractivity contribution in [3.05, 3.63) is 54.1 Å². The number of piperidine rings is 1. The van der Waals surface area contributed by atoms with Crippen LogP contribution in [0.15, 0.2) is 53.4 Å². The Morgan fingerprint density at radius 1 is 0.963 bits per heavy atom. The first-order valence-corrected chi connectivity index (χ1v) is 10.8. The number of hydrogen-bond acceptors (Lipinski definition) is 5. The van der Waals surface area contributed by atoms with Crippen molar-refractivity contribution < 1.29 is 13.2 Å². The van der Waals surface area contributed by atoms with Crippen LogP contribution in [0.2, 0.25) is 0 Å². The number of nitrogens with zero attached hydrogens (tertiary/aromatic N) is 1. The number of hydrogen-bond donors (Lipinski definition) is 2. The van der Waals surface area contributed by atoms with E-state index in [9.17, 15) is 8.42 Å². The molecular formula is C20H27N3O3S. The summed E-state index contributed by atoms with van der Waals surface area (Å²) in [6.07, 6.45) is 3.89. The minimum Gasteiger partial charge on any atom is -0.492 e. The van der Waals surface area contributed by atoms with Gasteiger partial charge in [-0.25, -0.2) is 13.1 Å². The monoisotopic (exact) mass is 389 g/mol. The van der Waals surface area contributed by atoms with Crippen molar-refractivity contribution in [2.45, 2.75) is 30.7 Å². The molecule has 27 heavy (non-hydrogen) atoms. The van der Waals surface area contributed by atoms with Gasteiger partial charge in [0.15, 0.2) is 0 Å². The zero-order chi connectivity index (χ0) is 19.1. The summed E-state index contributed by atoms with van der Waals surface area (Å²) >= 11 is 0. The largest absolute Gasteiger partial charge is 0.492 e. The van der Waals surface area contributed by atoms with E-state index >= 15 is 0 Å². The third-order valence-electron chi connectivity index (χ3n) is 4.70. The maximum Gasteiger partial charge on any atom is 0.240 e. The molecule has 7 heteroatoms. The minimum absolute atomic E-state index is 0.203. The van der Waals surface area contributed by atoms with E-state index in [0.29, 0.717) is 12.3 Å². The van der Waals surface area contributed by atoms with Crippen LogP contribution in [-0.2, 0) is 16.6 Å². The van der Waals surface area contributed by atoms with E-state index in [1.165, 1.54) is 31.4 Å². The summed E-state index contributed by atoms with van der Waals surface area (Å²) in [6.45, 7) is 4.17. The van der Waals surface area contributed by atoms with Gasteiger partial charge in [0, 0.05) is 18.8 Å². The van der Waals surface area contributed by atoms with E-state index in [-0.39, 0.29) is 11.4 Å². The first-order chi connectivity index (χ1) is 13.0. The van der Waals surface area contributed by atoms with Gasteiger partial charge in [-0.3, -0.25) is 4.90 Å². The molecule has 6 nitrogen and oxygen atoms in total. The molecule has 0 aliphatic carbocycles. The van der Waals surface area contributed by atoms with E-state index < -0.39 is 10.0 Å². The molecule has 1 heterocycles. The Morgan fingerprint density at radius 2 is 1.63 bits per heavy atom. The van der Waals surface area contributed by atoms with Crippen LogP contribution in [0.4, 0.5) is 5.69 Å². The molecule has 0 radical (unpaired) electrons. The lowest BCUT2D eigenvalue weighted by Gasteiger charge is -2.26. The molecule has 0 unspecified atom stereocenters. The maximum absolute atomic E-state index is 12.3. The van der Waals surface area contributed by atoms with E-state index in [0.717, 1.165) is 30.9 Å². The molecule has 0 atom stereocenters. The van der Waals surface area contributed by atoms with E-state index in [4.69, 9.17) is 10.5 Å². The number of nitrogens with one attached hydrogen (secondary N) is 1. The van der Waals surface area contributed by atoms with Gasteiger partial charge in [-0.05, 0) is 67.9 Å². The Labute approximate surface area is 161 Å². The molecule has 0 aromatic heterocycles. The van der Waals surface area contributed by atoms with Crippen molar-refractivity contribution >= 4 is 15.7 Å². The van der Waals surface area contributed by atoms with E-state index in [1.54, 1.807) is 12.1 Å². The van der Waals surface area contributed by atoms with Gasteiger partial charge in [0.2, 0.25) is 10.0 Å². The third kappa shape index (κ3) is 5.95. The zero-order valence-electron chi connectivity index (χ0n) is 15.4. The van der Waals surface area contributed by atoms with Crippen LogP contribution >= 0.6 is 0 Å². The Hall–Kier alpha value is -2.09. The Kier molecular flexibility index (Phi) is 6.71. The highest BCUT2D eigenvalue weighted by atomic mass is 32.2. The molecule has 1 fully saturated rings. The quantitative estimate of drug-likeness (QED) is 0.678. The highest BCUT2D eigenvalue weighted by molar-refractivity contribution is 7.89. The highest BCUT2D eigenvalue weighted by Crippen LogP contribution is 2.15. The molecule has 2 aromatic carbocycles. The van der Waals surface area contributed by atoms with Gasteiger partial charge < -0.3 is 10.5 Å². The first-order valence-electron chi connectivity index (χ1n) is 9.32. The lowest BCUT2D eigenvalue weighted by Crippen LogP contribution is -2.33. The second-order valence-corrected chi connectivity index (χ2v) is 8.56. The standard InChI is InChI=1S/C20H27N3O3S/c21-18-6-10-20(11-7-18)27(24,25)22-16-17-4-8-19(9-5-17)26-15-14-23-12-2-1-3-13-23/h4-11,22H,1-3,12-16,21H2. The van der Waals surface area contributed by atoms with Crippen LogP contribution < -0.4 is 15.2 Å². The smallest absolute Gasteiger partial charge is 0.240 e. The van der Waals surface area contributed by atoms with Crippen LogP contribution in [-0.4, -0.2) is 39.6 Å². The fraction of sp³-hybridized carbons (Fsp3) is 0.400. The van der Waals surface area contributed by atoms with Gasteiger partial charge in [0.05, 0.1) is 4.90 Å². The molecule has 2 aromatic rings. The van der Waals surface area contributed by atoms with Crippen molar-refractivity contribution in [3.63, 3.8) is 0 Å². The summed E-state index contributed by atoms with van der Waals surface area (Å²) in [6, 6.07) is 13.7. The van der Waals surface area contributed by atoms with Crippen LogP contribution in [0.1, 0.15) is 24.8 Å². The van der Waals surface area contributed by atoms with E-state index in [2.05, 4.69) is 9.62 Å². The Balaban J connectivity index is 1.46.